The van der Waals surface area contributed by atoms with E-state index in [-0.39, 0.29) is 11.7 Å². The number of ether oxygens (including phenoxy) is 1. The van der Waals surface area contributed by atoms with Gasteiger partial charge < -0.3 is 25.2 Å². The van der Waals surface area contributed by atoms with E-state index < -0.39 is 0 Å². The lowest BCUT2D eigenvalue weighted by Gasteiger charge is -2.32. The van der Waals surface area contributed by atoms with Gasteiger partial charge in [-0.3, -0.25) is 9.89 Å². The Morgan fingerprint density at radius 1 is 1.11 bits per heavy atom. The van der Waals surface area contributed by atoms with Crippen LogP contribution in [0.3, 0.4) is 0 Å². The molecule has 3 N–H and O–H groups in total. The Morgan fingerprint density at radius 2 is 1.92 bits per heavy atom. The topological polar surface area (TPSA) is 85.5 Å². The van der Waals surface area contributed by atoms with Gasteiger partial charge in [0.25, 0.3) is 5.91 Å². The van der Waals surface area contributed by atoms with Gasteiger partial charge in [0.15, 0.2) is 0 Å². The van der Waals surface area contributed by atoms with Gasteiger partial charge in [0, 0.05) is 62.7 Å². The summed E-state index contributed by atoms with van der Waals surface area (Å²) in [5, 5.41) is 13.1. The number of fused-ring (bicyclic) bond motifs is 1. The second kappa shape index (κ2) is 10.9. The number of nitrogens with zero attached hydrogens (tertiary/aromatic N) is 3. The molecule has 9 heteroatoms. The van der Waals surface area contributed by atoms with E-state index >= 15 is 0 Å². The average Bonchev–Trinajstić information content (AvgIpc) is 3.45. The van der Waals surface area contributed by atoms with Crippen LogP contribution < -0.4 is 15.4 Å². The number of amides is 1. The number of carbonyl (C=O) groups excluding carboxylic acids is 1. The van der Waals surface area contributed by atoms with Crippen LogP contribution in [0.4, 0.5) is 15.9 Å². The van der Waals surface area contributed by atoms with Crippen molar-refractivity contribution in [3.05, 3.63) is 77.4 Å². The van der Waals surface area contributed by atoms with Gasteiger partial charge in [-0.05, 0) is 49.4 Å². The van der Waals surface area contributed by atoms with Gasteiger partial charge in [0.2, 0.25) is 0 Å². The number of anilines is 2. The smallest absolute Gasteiger partial charge is 0.257 e. The molecular formula is C27H31FN6O2. The highest BCUT2D eigenvalue weighted by Gasteiger charge is 2.24. The summed E-state index contributed by atoms with van der Waals surface area (Å²) in [5.41, 5.74) is 3.49. The standard InChI is InChI=1S/C27H31FN6O2/c1-33-10-12-34(13-11-33)9-2-14-36-22-6-3-19(4-7-22)15-21-17-26(32-31-21)29-18-24-23-16-20(28)5-8-25(23)30-27(24)35/h3-8,16-18H,2,9-15H2,1H3,(H,30,35)(H2,29,31,32)/b24-18-. The van der Waals surface area contributed by atoms with Crippen LogP contribution >= 0.6 is 0 Å². The molecule has 1 amide bonds. The number of aromatic amines is 1. The monoisotopic (exact) mass is 490 g/mol. The number of hydrogen-bond acceptors (Lipinski definition) is 6. The van der Waals surface area contributed by atoms with E-state index in [4.69, 9.17) is 4.74 Å². The third kappa shape index (κ3) is 5.92. The first-order chi connectivity index (χ1) is 17.5. The van der Waals surface area contributed by atoms with Gasteiger partial charge in [-0.2, -0.15) is 5.10 Å². The minimum atomic E-state index is -0.387. The van der Waals surface area contributed by atoms with Crippen LogP contribution in [0.25, 0.3) is 5.57 Å². The highest BCUT2D eigenvalue weighted by atomic mass is 19.1. The molecule has 2 aliphatic heterocycles. The second-order valence-corrected chi connectivity index (χ2v) is 9.29. The number of piperazine rings is 1. The highest BCUT2D eigenvalue weighted by Crippen LogP contribution is 2.32. The number of carbonyl (C=O) groups is 1. The van der Waals surface area contributed by atoms with E-state index in [0.717, 1.165) is 56.2 Å². The fourth-order valence-electron chi connectivity index (χ4n) is 4.44. The lowest BCUT2D eigenvalue weighted by molar-refractivity contribution is -0.110. The molecule has 0 bridgehead atoms. The first-order valence-electron chi connectivity index (χ1n) is 12.3. The van der Waals surface area contributed by atoms with E-state index in [0.29, 0.717) is 35.7 Å². The molecule has 0 radical (unpaired) electrons. The Bertz CT molecular complexity index is 1230. The van der Waals surface area contributed by atoms with Crippen molar-refractivity contribution in [1.82, 2.24) is 20.0 Å². The zero-order valence-electron chi connectivity index (χ0n) is 20.4. The number of hydrogen-bond donors (Lipinski definition) is 3. The zero-order valence-corrected chi connectivity index (χ0v) is 20.4. The normalized spacial score (nSPS) is 17.3. The molecular weight excluding hydrogens is 459 g/mol. The average molecular weight is 491 g/mol. The predicted molar refractivity (Wildman–Crippen MR) is 139 cm³/mol. The van der Waals surface area contributed by atoms with E-state index in [1.165, 1.54) is 12.1 Å². The Hall–Kier alpha value is -3.69. The van der Waals surface area contributed by atoms with Crippen molar-refractivity contribution in [3.8, 4) is 5.75 Å². The quantitative estimate of drug-likeness (QED) is 0.314. The molecule has 3 aromatic rings. The van der Waals surface area contributed by atoms with Gasteiger partial charge in [-0.1, -0.05) is 12.1 Å². The maximum Gasteiger partial charge on any atom is 0.257 e. The molecule has 0 unspecified atom stereocenters. The molecule has 0 atom stereocenters. The maximum atomic E-state index is 13.6. The minimum absolute atomic E-state index is 0.274. The Balaban J connectivity index is 1.09. The summed E-state index contributed by atoms with van der Waals surface area (Å²) in [6.07, 6.45) is 3.24. The number of H-pyrrole nitrogens is 1. The van der Waals surface area contributed by atoms with Crippen molar-refractivity contribution < 1.29 is 13.9 Å². The molecule has 3 heterocycles. The summed E-state index contributed by atoms with van der Waals surface area (Å²) in [6.45, 7) is 6.34. The summed E-state index contributed by atoms with van der Waals surface area (Å²) in [7, 11) is 2.17. The molecule has 5 rings (SSSR count). The SMILES string of the molecule is CN1CCN(CCCOc2ccc(Cc3cc(N/C=C4\C(=O)Nc5ccc(F)cc54)[nH]n3)cc2)CC1. The van der Waals surface area contributed by atoms with Crippen LogP contribution in [0.15, 0.2) is 54.7 Å². The summed E-state index contributed by atoms with van der Waals surface area (Å²) < 4.78 is 19.5. The molecule has 1 aromatic heterocycles. The van der Waals surface area contributed by atoms with Gasteiger partial charge in [0.1, 0.15) is 17.4 Å². The fourth-order valence-corrected chi connectivity index (χ4v) is 4.44. The van der Waals surface area contributed by atoms with Crippen LogP contribution in [0.1, 0.15) is 23.2 Å². The lowest BCUT2D eigenvalue weighted by atomic mass is 10.1. The summed E-state index contributed by atoms with van der Waals surface area (Å²) in [6, 6.07) is 14.2. The van der Waals surface area contributed by atoms with E-state index in [9.17, 15) is 9.18 Å². The van der Waals surface area contributed by atoms with Crippen LogP contribution in [-0.4, -0.2) is 72.3 Å². The molecule has 0 aliphatic carbocycles. The van der Waals surface area contributed by atoms with E-state index in [1.54, 1.807) is 12.3 Å². The summed E-state index contributed by atoms with van der Waals surface area (Å²) >= 11 is 0. The molecule has 1 fully saturated rings. The van der Waals surface area contributed by atoms with E-state index in [2.05, 4.69) is 37.7 Å². The lowest BCUT2D eigenvalue weighted by Crippen LogP contribution is -2.44. The number of rotatable bonds is 9. The molecule has 0 spiro atoms. The third-order valence-corrected chi connectivity index (χ3v) is 6.56. The number of aromatic nitrogens is 2. The number of likely N-dealkylation sites (N-methyl/N-ethyl adjacent to an activating group) is 1. The summed E-state index contributed by atoms with van der Waals surface area (Å²) in [4.78, 5) is 17.1. The zero-order chi connectivity index (χ0) is 24.9. The predicted octanol–water partition coefficient (Wildman–Crippen LogP) is 3.56. The van der Waals surface area contributed by atoms with Crippen molar-refractivity contribution in [1.29, 1.82) is 0 Å². The molecule has 0 saturated carbocycles. The van der Waals surface area contributed by atoms with Gasteiger partial charge >= 0.3 is 0 Å². The Labute approximate surface area is 210 Å². The number of nitrogens with one attached hydrogen (secondary N) is 3. The van der Waals surface area contributed by atoms with Crippen molar-refractivity contribution in [2.24, 2.45) is 0 Å². The molecule has 2 aromatic carbocycles. The first kappa shape index (κ1) is 24.0. The van der Waals surface area contributed by atoms with Gasteiger partial charge in [-0.15, -0.1) is 0 Å². The van der Waals surface area contributed by atoms with Gasteiger partial charge in [0.05, 0.1) is 17.9 Å². The van der Waals surface area contributed by atoms with Crippen LogP contribution in [-0.2, 0) is 11.2 Å². The molecule has 36 heavy (non-hydrogen) atoms. The number of benzene rings is 2. The van der Waals surface area contributed by atoms with Crippen molar-refractivity contribution in [2.75, 3.05) is 57.0 Å². The van der Waals surface area contributed by atoms with Crippen LogP contribution in [0, 0.1) is 5.82 Å². The van der Waals surface area contributed by atoms with E-state index in [1.807, 2.05) is 30.3 Å². The fraction of sp³-hybridized carbons (Fsp3) is 0.333. The molecule has 8 nitrogen and oxygen atoms in total. The van der Waals surface area contributed by atoms with Gasteiger partial charge in [-0.25, -0.2) is 4.39 Å². The van der Waals surface area contributed by atoms with Crippen molar-refractivity contribution in [3.63, 3.8) is 0 Å². The molecule has 2 aliphatic rings. The van der Waals surface area contributed by atoms with Crippen molar-refractivity contribution >= 4 is 23.0 Å². The van der Waals surface area contributed by atoms with Crippen LogP contribution in [0.5, 0.6) is 5.75 Å². The van der Waals surface area contributed by atoms with Crippen LogP contribution in [0.2, 0.25) is 0 Å². The highest BCUT2D eigenvalue weighted by molar-refractivity contribution is 6.31. The minimum Gasteiger partial charge on any atom is -0.494 e. The van der Waals surface area contributed by atoms with Crippen molar-refractivity contribution in [2.45, 2.75) is 12.8 Å². The Kier molecular flexibility index (Phi) is 7.29. The summed E-state index contributed by atoms with van der Waals surface area (Å²) in [5.74, 6) is 0.863. The first-order valence-corrected chi connectivity index (χ1v) is 12.3. The largest absolute Gasteiger partial charge is 0.494 e. The second-order valence-electron chi connectivity index (χ2n) is 9.29. The third-order valence-electron chi connectivity index (χ3n) is 6.56. The number of halogens is 1. The molecule has 188 valence electrons. The molecule has 1 saturated heterocycles. The maximum absolute atomic E-state index is 13.6. The Morgan fingerprint density at radius 3 is 2.72 bits per heavy atom.